The van der Waals surface area contributed by atoms with Crippen LogP contribution in [0.5, 0.6) is 0 Å². The van der Waals surface area contributed by atoms with Crippen molar-refractivity contribution in [1.29, 1.82) is 0 Å². The van der Waals surface area contributed by atoms with Gasteiger partial charge in [0.05, 0.1) is 6.04 Å². The maximum atomic E-state index is 12.6. The van der Waals surface area contributed by atoms with Crippen molar-refractivity contribution < 1.29 is 14.7 Å². The van der Waals surface area contributed by atoms with Crippen molar-refractivity contribution in [3.8, 4) is 11.1 Å². The van der Waals surface area contributed by atoms with Crippen LogP contribution in [0.1, 0.15) is 18.0 Å². The summed E-state index contributed by atoms with van der Waals surface area (Å²) in [6.45, 7) is 0. The van der Waals surface area contributed by atoms with Crippen LogP contribution in [0.2, 0.25) is 0 Å². The van der Waals surface area contributed by atoms with Crippen LogP contribution in [0, 0.1) is 0 Å². The molecule has 0 aliphatic carbocycles. The van der Waals surface area contributed by atoms with Crippen LogP contribution in [0.25, 0.3) is 11.1 Å². The summed E-state index contributed by atoms with van der Waals surface area (Å²) < 4.78 is 0. The Kier molecular flexibility index (Phi) is 7.11. The summed E-state index contributed by atoms with van der Waals surface area (Å²) >= 11 is 0. The van der Waals surface area contributed by atoms with E-state index in [1.54, 1.807) is 12.1 Å². The number of anilines is 1. The van der Waals surface area contributed by atoms with Gasteiger partial charge in [0.1, 0.15) is 11.3 Å². The second-order valence-electron chi connectivity index (χ2n) is 6.86. The molecule has 1 aliphatic heterocycles. The van der Waals surface area contributed by atoms with Crippen LogP contribution in [-0.2, 0) is 9.59 Å². The number of aliphatic hydroxyl groups is 1. The fourth-order valence-electron chi connectivity index (χ4n) is 3.40. The van der Waals surface area contributed by atoms with E-state index in [1.165, 1.54) is 0 Å². The number of nitrogens with one attached hydrogen (secondary N) is 2. The predicted octanol–water partition coefficient (Wildman–Crippen LogP) is 3.72. The average molecular weight is 408 g/mol. The topological polar surface area (TPSA) is 78.4 Å². The molecule has 3 aromatic carbocycles. The van der Waals surface area contributed by atoms with Crippen molar-refractivity contribution in [2.24, 2.45) is 0 Å². The summed E-state index contributed by atoms with van der Waals surface area (Å²) in [5, 5.41) is 15.9. The van der Waals surface area contributed by atoms with Gasteiger partial charge in [-0.1, -0.05) is 72.8 Å². The predicted molar refractivity (Wildman–Crippen MR) is 119 cm³/mol. The number of hydrogen-bond donors (Lipinski definition) is 3. The standard InChI is InChI=1S/C24H20N2O3.Na.H/c27-21-15-20(18-9-5-2-6-10-18)26-24(29)22(21)23(28)25-19-13-11-17(12-14-19)16-7-3-1-4-8-16;;/h1-14,20,27H,15H2,(H,25,28)(H,26,29);;. The summed E-state index contributed by atoms with van der Waals surface area (Å²) in [5.74, 6) is -1.42. The molecule has 1 atom stereocenters. The number of aliphatic hydroxyl groups excluding tert-OH is 1. The van der Waals surface area contributed by atoms with E-state index in [2.05, 4.69) is 10.6 Å². The molecule has 1 unspecified atom stereocenters. The Morgan fingerprint density at radius 2 is 1.43 bits per heavy atom. The molecule has 4 rings (SSSR count). The Bertz CT molecular complexity index is 1060. The number of hydrogen-bond acceptors (Lipinski definition) is 3. The molecule has 3 N–H and O–H groups in total. The third kappa shape index (κ3) is 4.82. The first-order chi connectivity index (χ1) is 14.1. The Hall–Kier alpha value is -2.86. The first-order valence-electron chi connectivity index (χ1n) is 9.36. The van der Waals surface area contributed by atoms with Crippen LogP contribution >= 0.6 is 0 Å². The van der Waals surface area contributed by atoms with E-state index in [9.17, 15) is 14.7 Å². The Morgan fingerprint density at radius 1 is 0.867 bits per heavy atom. The third-order valence-corrected chi connectivity index (χ3v) is 4.90. The molecule has 30 heavy (non-hydrogen) atoms. The third-order valence-electron chi connectivity index (χ3n) is 4.90. The number of carbonyl (C=O) groups is 2. The molecule has 0 radical (unpaired) electrons. The van der Waals surface area contributed by atoms with Crippen molar-refractivity contribution in [2.45, 2.75) is 12.5 Å². The molecular formula is C24H21N2NaO3. The normalized spacial score (nSPS) is 15.7. The van der Waals surface area contributed by atoms with Crippen molar-refractivity contribution in [3.05, 3.63) is 102 Å². The van der Waals surface area contributed by atoms with Gasteiger partial charge in [-0.05, 0) is 28.8 Å². The number of rotatable bonds is 4. The molecule has 0 saturated carbocycles. The zero-order valence-corrected chi connectivity index (χ0v) is 15.6. The van der Waals surface area contributed by atoms with Crippen LogP contribution in [0.4, 0.5) is 5.69 Å². The van der Waals surface area contributed by atoms with Gasteiger partial charge >= 0.3 is 29.6 Å². The van der Waals surface area contributed by atoms with E-state index in [0.717, 1.165) is 16.7 Å². The van der Waals surface area contributed by atoms with Crippen molar-refractivity contribution in [3.63, 3.8) is 0 Å². The summed E-state index contributed by atoms with van der Waals surface area (Å²) in [4.78, 5) is 25.1. The molecule has 3 aromatic rings. The molecule has 5 nitrogen and oxygen atoms in total. The number of amides is 2. The molecule has 1 aliphatic rings. The fraction of sp³-hybridized carbons (Fsp3) is 0.0833. The fourth-order valence-corrected chi connectivity index (χ4v) is 3.40. The molecule has 146 valence electrons. The Balaban J connectivity index is 0.00000256. The van der Waals surface area contributed by atoms with Gasteiger partial charge in [0.2, 0.25) is 0 Å². The van der Waals surface area contributed by atoms with E-state index < -0.39 is 11.8 Å². The van der Waals surface area contributed by atoms with Crippen LogP contribution < -0.4 is 10.6 Å². The summed E-state index contributed by atoms with van der Waals surface area (Å²) in [6, 6.07) is 26.2. The zero-order chi connectivity index (χ0) is 20.2. The van der Waals surface area contributed by atoms with E-state index in [-0.39, 0.29) is 53.4 Å². The first kappa shape index (κ1) is 21.8. The Morgan fingerprint density at radius 3 is 2.03 bits per heavy atom. The second-order valence-corrected chi connectivity index (χ2v) is 6.86. The molecule has 6 heteroatoms. The van der Waals surface area contributed by atoms with Gasteiger partial charge in [0, 0.05) is 12.1 Å². The van der Waals surface area contributed by atoms with Gasteiger partial charge in [-0.3, -0.25) is 9.59 Å². The minimum atomic E-state index is -0.626. The van der Waals surface area contributed by atoms with Crippen molar-refractivity contribution in [1.82, 2.24) is 5.32 Å². The molecule has 0 spiro atoms. The van der Waals surface area contributed by atoms with E-state index in [4.69, 9.17) is 0 Å². The van der Waals surface area contributed by atoms with Gasteiger partial charge in [0.25, 0.3) is 11.8 Å². The quantitative estimate of drug-likeness (QED) is 0.455. The molecular weight excluding hydrogens is 387 g/mol. The van der Waals surface area contributed by atoms with E-state index in [1.807, 2.05) is 72.8 Å². The Labute approximate surface area is 197 Å². The summed E-state index contributed by atoms with van der Waals surface area (Å²) in [7, 11) is 0. The van der Waals surface area contributed by atoms with Gasteiger partial charge in [-0.15, -0.1) is 0 Å². The van der Waals surface area contributed by atoms with Gasteiger partial charge in [0.15, 0.2) is 0 Å². The van der Waals surface area contributed by atoms with Crippen LogP contribution in [-0.4, -0.2) is 46.5 Å². The van der Waals surface area contributed by atoms with Gasteiger partial charge < -0.3 is 15.7 Å². The van der Waals surface area contributed by atoms with Gasteiger partial charge in [-0.25, -0.2) is 0 Å². The monoisotopic (exact) mass is 408 g/mol. The number of carbonyl (C=O) groups excluding carboxylic acids is 2. The van der Waals surface area contributed by atoms with Gasteiger partial charge in [-0.2, -0.15) is 0 Å². The molecule has 0 fully saturated rings. The average Bonchev–Trinajstić information content (AvgIpc) is 2.75. The van der Waals surface area contributed by atoms with Crippen molar-refractivity contribution in [2.75, 3.05) is 5.32 Å². The SMILES string of the molecule is O=C(Nc1ccc(-c2ccccc2)cc1)C1=C(O)CC(c2ccccc2)NC1=O.[NaH]. The first-order valence-corrected chi connectivity index (χ1v) is 9.36. The van der Waals surface area contributed by atoms with Crippen molar-refractivity contribution >= 4 is 47.1 Å². The van der Waals surface area contributed by atoms with Crippen LogP contribution in [0.3, 0.4) is 0 Å². The molecule has 2 amide bonds. The maximum absolute atomic E-state index is 12.6. The summed E-state index contributed by atoms with van der Waals surface area (Å²) in [6.07, 6.45) is 0.172. The minimum absolute atomic E-state index is 0. The van der Waals surface area contributed by atoms with E-state index in [0.29, 0.717) is 5.69 Å². The van der Waals surface area contributed by atoms with Crippen LogP contribution in [0.15, 0.2) is 96.3 Å². The second kappa shape index (κ2) is 9.76. The molecule has 1 heterocycles. The molecule has 0 bridgehead atoms. The summed E-state index contributed by atoms with van der Waals surface area (Å²) in [5.41, 5.74) is 3.27. The zero-order valence-electron chi connectivity index (χ0n) is 15.6. The molecule has 0 aromatic heterocycles. The molecule has 0 saturated heterocycles. The number of benzene rings is 3. The van der Waals surface area contributed by atoms with E-state index >= 15 is 0 Å².